The van der Waals surface area contributed by atoms with Gasteiger partial charge in [0.05, 0.1) is 6.21 Å². The van der Waals surface area contributed by atoms with Gasteiger partial charge in [-0.05, 0) is 31.4 Å². The van der Waals surface area contributed by atoms with Crippen LogP contribution in [0.1, 0.15) is 31.2 Å². The number of aromatic hydroxyl groups is 2. The summed E-state index contributed by atoms with van der Waals surface area (Å²) < 4.78 is 2.96. The van der Waals surface area contributed by atoms with E-state index in [1.165, 1.54) is 36.0 Å². The number of benzene rings is 1. The summed E-state index contributed by atoms with van der Waals surface area (Å²) in [5.41, 5.74) is 2.12. The molecule has 2 aromatic heterocycles. The average Bonchev–Trinajstić information content (AvgIpc) is 3.18. The van der Waals surface area contributed by atoms with Gasteiger partial charge in [0.2, 0.25) is 11.9 Å². The maximum atomic E-state index is 12.6. The van der Waals surface area contributed by atoms with Crippen LogP contribution in [-0.4, -0.2) is 54.5 Å². The molecule has 3 aromatic rings. The number of H-pyrrole nitrogens is 1. The fourth-order valence-corrected chi connectivity index (χ4v) is 3.85. The largest absolute Gasteiger partial charge is 0.508 e. The number of amides is 1. The number of hydrazone groups is 1. The molecule has 0 saturated carbocycles. The number of nitrogens with zero attached hydrogens (tertiary/aromatic N) is 5. The first-order chi connectivity index (χ1) is 15.8. The molecule has 1 aliphatic rings. The minimum Gasteiger partial charge on any atom is -0.508 e. The van der Waals surface area contributed by atoms with E-state index >= 15 is 0 Å². The summed E-state index contributed by atoms with van der Waals surface area (Å²) in [5.74, 6) is -0.105. The molecule has 1 aromatic carbocycles. The Morgan fingerprint density at radius 3 is 2.73 bits per heavy atom. The quantitative estimate of drug-likeness (QED) is 0.309. The molecule has 1 saturated heterocycles. The predicted molar refractivity (Wildman–Crippen MR) is 122 cm³/mol. The fraction of sp³-hybridized carbons (Fsp3) is 0.381. The molecule has 3 heterocycles. The minimum atomic E-state index is -0.551. The Morgan fingerprint density at radius 1 is 1.24 bits per heavy atom. The van der Waals surface area contributed by atoms with Crippen LogP contribution in [0.5, 0.6) is 11.5 Å². The second-order valence-corrected chi connectivity index (χ2v) is 7.89. The lowest BCUT2D eigenvalue weighted by Gasteiger charge is -2.28. The van der Waals surface area contributed by atoms with Gasteiger partial charge in [-0.15, -0.1) is 0 Å². The zero-order valence-corrected chi connectivity index (χ0v) is 18.1. The van der Waals surface area contributed by atoms with Gasteiger partial charge in [-0.2, -0.15) is 10.1 Å². The van der Waals surface area contributed by atoms with Crippen molar-refractivity contribution in [1.29, 1.82) is 0 Å². The molecular formula is C21H25N7O5. The van der Waals surface area contributed by atoms with E-state index in [1.807, 2.05) is 0 Å². The number of aromatic amines is 1. The normalized spacial score (nSPS) is 14.3. The monoisotopic (exact) mass is 455 g/mol. The molecule has 0 spiro atoms. The van der Waals surface area contributed by atoms with E-state index in [4.69, 9.17) is 0 Å². The van der Waals surface area contributed by atoms with Gasteiger partial charge in [0, 0.05) is 44.7 Å². The lowest BCUT2D eigenvalue weighted by molar-refractivity contribution is -0.121. The van der Waals surface area contributed by atoms with Crippen LogP contribution in [0.15, 0.2) is 32.9 Å². The van der Waals surface area contributed by atoms with Gasteiger partial charge >= 0.3 is 5.69 Å². The molecule has 33 heavy (non-hydrogen) atoms. The number of rotatable bonds is 6. The summed E-state index contributed by atoms with van der Waals surface area (Å²) in [6.45, 7) is 1.72. The van der Waals surface area contributed by atoms with Gasteiger partial charge in [-0.25, -0.2) is 10.2 Å². The third-order valence-electron chi connectivity index (χ3n) is 5.60. The number of carbonyl (C=O) groups is 1. The van der Waals surface area contributed by atoms with Gasteiger partial charge in [0.25, 0.3) is 5.56 Å². The van der Waals surface area contributed by atoms with Crippen molar-refractivity contribution < 1.29 is 15.0 Å². The first-order valence-electron chi connectivity index (χ1n) is 10.6. The third kappa shape index (κ3) is 4.59. The number of hydrogen-bond donors (Lipinski definition) is 4. The predicted octanol–water partition coefficient (Wildman–Crippen LogP) is 0.365. The van der Waals surface area contributed by atoms with Crippen LogP contribution in [-0.2, 0) is 18.4 Å². The second kappa shape index (κ2) is 9.18. The molecule has 4 N–H and O–H groups in total. The maximum Gasteiger partial charge on any atom is 0.329 e. The number of aryl methyl sites for hydroxylation is 2. The number of imidazole rings is 1. The number of anilines is 1. The van der Waals surface area contributed by atoms with Crippen molar-refractivity contribution in [3.8, 4) is 11.5 Å². The fourth-order valence-electron chi connectivity index (χ4n) is 3.85. The molecule has 0 atom stereocenters. The maximum absolute atomic E-state index is 12.6. The summed E-state index contributed by atoms with van der Waals surface area (Å²) in [6, 6.07) is 4.01. The summed E-state index contributed by atoms with van der Waals surface area (Å²) in [4.78, 5) is 45.9. The van der Waals surface area contributed by atoms with Crippen LogP contribution in [0.4, 0.5) is 5.95 Å². The SMILES string of the molecule is Cn1c(=O)[nH]c(=O)c2c1nc(N1CCCCC1)n2CCC(=O)NN=Cc1ccc(O)cc1O. The van der Waals surface area contributed by atoms with Crippen LogP contribution in [0.2, 0.25) is 0 Å². The van der Waals surface area contributed by atoms with Crippen LogP contribution in [0.3, 0.4) is 0 Å². The molecule has 4 rings (SSSR count). The van der Waals surface area contributed by atoms with Gasteiger partial charge in [0.15, 0.2) is 11.2 Å². The van der Waals surface area contributed by atoms with Crippen LogP contribution >= 0.6 is 0 Å². The smallest absolute Gasteiger partial charge is 0.329 e. The summed E-state index contributed by atoms with van der Waals surface area (Å²) in [6.07, 6.45) is 4.38. The van der Waals surface area contributed by atoms with Crippen LogP contribution in [0, 0.1) is 0 Å². The molecule has 12 nitrogen and oxygen atoms in total. The summed E-state index contributed by atoms with van der Waals surface area (Å²) >= 11 is 0. The first-order valence-corrected chi connectivity index (χ1v) is 10.6. The van der Waals surface area contributed by atoms with Crippen LogP contribution in [0.25, 0.3) is 11.2 Å². The van der Waals surface area contributed by atoms with Crippen molar-refractivity contribution in [3.05, 3.63) is 44.6 Å². The number of aromatic nitrogens is 4. The number of fused-ring (bicyclic) bond motifs is 1. The Morgan fingerprint density at radius 2 is 2.00 bits per heavy atom. The van der Waals surface area contributed by atoms with Crippen molar-refractivity contribution in [3.63, 3.8) is 0 Å². The Balaban J connectivity index is 1.55. The summed E-state index contributed by atoms with van der Waals surface area (Å²) in [5, 5.41) is 22.9. The van der Waals surface area contributed by atoms with Crippen molar-refractivity contribution in [2.45, 2.75) is 32.2 Å². The van der Waals surface area contributed by atoms with Crippen molar-refractivity contribution in [2.75, 3.05) is 18.0 Å². The lowest BCUT2D eigenvalue weighted by Crippen LogP contribution is -2.33. The Hall–Kier alpha value is -4.09. The Kier molecular flexibility index (Phi) is 6.16. The molecule has 0 unspecified atom stereocenters. The van der Waals surface area contributed by atoms with E-state index < -0.39 is 17.2 Å². The highest BCUT2D eigenvalue weighted by atomic mass is 16.3. The van der Waals surface area contributed by atoms with E-state index in [0.717, 1.165) is 32.4 Å². The molecule has 1 fully saturated rings. The second-order valence-electron chi connectivity index (χ2n) is 7.89. The molecule has 0 aliphatic carbocycles. The first kappa shape index (κ1) is 22.1. The highest BCUT2D eigenvalue weighted by Crippen LogP contribution is 2.23. The van der Waals surface area contributed by atoms with Gasteiger partial charge in [0.1, 0.15) is 11.5 Å². The Labute approximate surface area is 187 Å². The number of phenols is 2. The zero-order chi connectivity index (χ0) is 23.5. The van der Waals surface area contributed by atoms with Crippen LogP contribution < -0.4 is 21.6 Å². The number of piperidine rings is 1. The molecule has 0 radical (unpaired) electrons. The van der Waals surface area contributed by atoms with Gasteiger partial charge in [-0.1, -0.05) is 0 Å². The standard InChI is InChI=1S/C21H25N7O5/c1-26-18-17(19(32)24-21(26)33)28(20(23-18)27-8-3-2-4-9-27)10-7-16(31)25-22-12-13-5-6-14(29)11-15(13)30/h5-6,11-12,29-30H,2-4,7-10H2,1H3,(H,25,31)(H,24,32,33). The van der Waals surface area contributed by atoms with Crippen molar-refractivity contribution >= 4 is 29.2 Å². The number of phenolic OH excluding ortho intramolecular Hbond substituents is 2. The lowest BCUT2D eigenvalue weighted by atomic mass is 10.1. The average molecular weight is 455 g/mol. The number of nitrogens with one attached hydrogen (secondary N) is 2. The molecule has 12 heteroatoms. The van der Waals surface area contributed by atoms with E-state index in [0.29, 0.717) is 11.5 Å². The highest BCUT2D eigenvalue weighted by molar-refractivity contribution is 5.85. The molecule has 0 bridgehead atoms. The molecular weight excluding hydrogens is 430 g/mol. The Bertz CT molecular complexity index is 1330. The number of carbonyl (C=O) groups excluding carboxylic acids is 1. The topological polar surface area (TPSA) is 158 Å². The number of hydrogen-bond acceptors (Lipinski definition) is 8. The highest BCUT2D eigenvalue weighted by Gasteiger charge is 2.23. The van der Waals surface area contributed by atoms with Gasteiger partial charge in [-0.3, -0.25) is 19.1 Å². The van der Waals surface area contributed by atoms with Gasteiger partial charge < -0.3 is 19.7 Å². The summed E-state index contributed by atoms with van der Waals surface area (Å²) in [7, 11) is 1.54. The molecule has 174 valence electrons. The van der Waals surface area contributed by atoms with E-state index in [-0.39, 0.29) is 35.6 Å². The minimum absolute atomic E-state index is 0.00742. The van der Waals surface area contributed by atoms with E-state index in [1.54, 1.807) is 4.57 Å². The van der Waals surface area contributed by atoms with E-state index in [9.17, 15) is 24.6 Å². The molecule has 1 amide bonds. The zero-order valence-electron chi connectivity index (χ0n) is 18.1. The molecule has 1 aliphatic heterocycles. The third-order valence-corrected chi connectivity index (χ3v) is 5.60. The van der Waals surface area contributed by atoms with Crippen molar-refractivity contribution in [1.82, 2.24) is 24.5 Å². The van der Waals surface area contributed by atoms with Crippen molar-refractivity contribution in [2.24, 2.45) is 12.1 Å². The van der Waals surface area contributed by atoms with E-state index in [2.05, 4.69) is 25.4 Å².